The fraction of sp³-hybridized carbons (Fsp3) is 0. The van der Waals surface area contributed by atoms with E-state index < -0.39 is 11.9 Å². The van der Waals surface area contributed by atoms with Crippen LogP contribution >= 0.6 is 11.6 Å². The van der Waals surface area contributed by atoms with Crippen LogP contribution in [-0.4, -0.2) is 27.1 Å². The maximum atomic E-state index is 11.0. The Morgan fingerprint density at radius 2 is 1.79 bits per heavy atom. The lowest BCUT2D eigenvalue weighted by Gasteiger charge is -2.05. The smallest absolute Gasteiger partial charge is 0.338 e. The van der Waals surface area contributed by atoms with Crippen molar-refractivity contribution in [1.29, 1.82) is 0 Å². The molecule has 0 atom stereocenters. The molecule has 0 aliphatic rings. The van der Waals surface area contributed by atoms with E-state index in [0.717, 1.165) is 0 Å². The first-order valence-corrected chi connectivity index (χ1v) is 5.59. The zero-order valence-electron chi connectivity index (χ0n) is 9.50. The summed E-state index contributed by atoms with van der Waals surface area (Å²) in [4.78, 5) is 25.6. The van der Waals surface area contributed by atoms with Crippen molar-refractivity contribution in [1.82, 2.24) is 4.98 Å². The Hall–Kier alpha value is -2.40. The van der Waals surface area contributed by atoms with E-state index in [-0.39, 0.29) is 16.3 Å². The van der Waals surface area contributed by atoms with Gasteiger partial charge in [0.15, 0.2) is 0 Å². The minimum Gasteiger partial charge on any atom is -0.478 e. The van der Waals surface area contributed by atoms with Gasteiger partial charge in [0.25, 0.3) is 0 Å². The Morgan fingerprint density at radius 3 is 2.42 bits per heavy atom. The second-order valence-corrected chi connectivity index (χ2v) is 4.11. The van der Waals surface area contributed by atoms with Crippen LogP contribution in [0.25, 0.3) is 11.1 Å². The van der Waals surface area contributed by atoms with Crippen LogP contribution in [-0.2, 0) is 0 Å². The molecule has 0 aliphatic carbocycles. The van der Waals surface area contributed by atoms with Crippen LogP contribution in [0.3, 0.4) is 0 Å². The third kappa shape index (κ3) is 2.71. The monoisotopic (exact) mass is 277 g/mol. The number of nitrogens with zero attached hydrogens (tertiary/aromatic N) is 1. The Labute approximate surface area is 113 Å². The predicted octanol–water partition coefficient (Wildman–Crippen LogP) is 2.80. The van der Waals surface area contributed by atoms with E-state index in [1.807, 2.05) is 0 Å². The lowest BCUT2D eigenvalue weighted by molar-refractivity contribution is 0.0685. The average molecular weight is 278 g/mol. The number of pyridine rings is 1. The molecule has 96 valence electrons. The second kappa shape index (κ2) is 5.07. The van der Waals surface area contributed by atoms with E-state index in [1.165, 1.54) is 24.4 Å². The van der Waals surface area contributed by atoms with Gasteiger partial charge < -0.3 is 10.2 Å². The normalized spacial score (nSPS) is 10.2. The summed E-state index contributed by atoms with van der Waals surface area (Å²) in [6, 6.07) is 7.50. The topological polar surface area (TPSA) is 87.5 Å². The summed E-state index contributed by atoms with van der Waals surface area (Å²) in [5, 5.41) is 17.8. The molecular weight excluding hydrogens is 270 g/mol. The first-order valence-electron chi connectivity index (χ1n) is 5.21. The Morgan fingerprint density at radius 1 is 1.05 bits per heavy atom. The quantitative estimate of drug-likeness (QED) is 0.842. The van der Waals surface area contributed by atoms with E-state index in [0.29, 0.717) is 11.1 Å². The van der Waals surface area contributed by atoms with E-state index in [9.17, 15) is 9.59 Å². The number of carbonyl (C=O) groups is 2. The number of halogens is 1. The van der Waals surface area contributed by atoms with Crippen molar-refractivity contribution in [2.24, 2.45) is 0 Å². The van der Waals surface area contributed by atoms with Gasteiger partial charge in [-0.2, -0.15) is 0 Å². The zero-order chi connectivity index (χ0) is 14.0. The van der Waals surface area contributed by atoms with Crippen LogP contribution in [0.4, 0.5) is 0 Å². The minimum absolute atomic E-state index is 0.106. The molecule has 0 amide bonds. The summed E-state index contributed by atoms with van der Waals surface area (Å²) in [5.41, 5.74) is 1.04. The van der Waals surface area contributed by atoms with Gasteiger partial charge in [0.2, 0.25) is 0 Å². The van der Waals surface area contributed by atoms with Crippen molar-refractivity contribution >= 4 is 23.5 Å². The van der Waals surface area contributed by atoms with E-state index in [4.69, 9.17) is 21.8 Å². The number of carboxylic acids is 2. The van der Waals surface area contributed by atoms with Crippen molar-refractivity contribution in [3.05, 3.63) is 52.8 Å². The summed E-state index contributed by atoms with van der Waals surface area (Å²) in [7, 11) is 0. The number of carboxylic acid groups (broad SMARTS) is 2. The first kappa shape index (κ1) is 13.0. The summed E-state index contributed by atoms with van der Waals surface area (Å²) >= 11 is 5.67. The van der Waals surface area contributed by atoms with Gasteiger partial charge in [-0.15, -0.1) is 0 Å². The molecule has 1 aromatic heterocycles. The molecule has 0 spiro atoms. The molecule has 2 N–H and O–H groups in total. The highest BCUT2D eigenvalue weighted by Crippen LogP contribution is 2.24. The fourth-order valence-electron chi connectivity index (χ4n) is 1.59. The molecule has 0 saturated carbocycles. The van der Waals surface area contributed by atoms with Crippen LogP contribution in [0, 0.1) is 0 Å². The lowest BCUT2D eigenvalue weighted by atomic mass is 10.0. The van der Waals surface area contributed by atoms with Gasteiger partial charge >= 0.3 is 11.9 Å². The van der Waals surface area contributed by atoms with Crippen LogP contribution < -0.4 is 0 Å². The van der Waals surface area contributed by atoms with E-state index in [2.05, 4.69) is 4.98 Å². The van der Waals surface area contributed by atoms with E-state index >= 15 is 0 Å². The van der Waals surface area contributed by atoms with Crippen LogP contribution in [0.1, 0.15) is 20.7 Å². The molecule has 2 rings (SSSR count). The molecule has 19 heavy (non-hydrogen) atoms. The molecule has 0 bridgehead atoms. The van der Waals surface area contributed by atoms with Gasteiger partial charge in [-0.25, -0.2) is 14.6 Å². The molecule has 6 heteroatoms. The molecule has 5 nitrogen and oxygen atoms in total. The molecule has 0 aliphatic heterocycles. The van der Waals surface area contributed by atoms with Gasteiger partial charge in [0.1, 0.15) is 5.15 Å². The number of benzene rings is 1. The van der Waals surface area contributed by atoms with Crippen molar-refractivity contribution < 1.29 is 19.8 Å². The summed E-state index contributed by atoms with van der Waals surface area (Å²) in [6.45, 7) is 0. The predicted molar refractivity (Wildman–Crippen MR) is 68.6 cm³/mol. The van der Waals surface area contributed by atoms with Crippen LogP contribution in [0.15, 0.2) is 36.5 Å². The summed E-state index contributed by atoms with van der Waals surface area (Å²) < 4.78 is 0. The molecule has 2 aromatic rings. The van der Waals surface area contributed by atoms with Gasteiger partial charge in [-0.3, -0.25) is 0 Å². The van der Waals surface area contributed by atoms with Crippen LogP contribution in [0.2, 0.25) is 5.15 Å². The van der Waals surface area contributed by atoms with Crippen molar-refractivity contribution in [2.45, 2.75) is 0 Å². The molecule has 0 unspecified atom stereocenters. The highest BCUT2D eigenvalue weighted by molar-refractivity contribution is 6.32. The molecular formula is C13H8ClNO4. The highest BCUT2D eigenvalue weighted by atomic mass is 35.5. The third-order valence-corrected chi connectivity index (χ3v) is 2.81. The van der Waals surface area contributed by atoms with Gasteiger partial charge in [0.05, 0.1) is 11.1 Å². The van der Waals surface area contributed by atoms with Crippen LogP contribution in [0.5, 0.6) is 0 Å². The van der Waals surface area contributed by atoms with Gasteiger partial charge in [-0.1, -0.05) is 23.7 Å². The number of rotatable bonds is 3. The summed E-state index contributed by atoms with van der Waals surface area (Å²) in [6.07, 6.45) is 1.40. The second-order valence-electron chi connectivity index (χ2n) is 3.75. The van der Waals surface area contributed by atoms with Gasteiger partial charge in [0, 0.05) is 11.8 Å². The standard InChI is InChI=1S/C13H8ClNO4/c14-11-10(13(18)19)5-9(6-15-11)7-2-1-3-8(4-7)12(16)17/h1-6H,(H,16,17)(H,18,19). The maximum Gasteiger partial charge on any atom is 0.338 e. The average Bonchev–Trinajstić information content (AvgIpc) is 2.39. The molecule has 0 saturated heterocycles. The molecule has 1 heterocycles. The molecule has 0 fully saturated rings. The fourth-order valence-corrected chi connectivity index (χ4v) is 1.77. The SMILES string of the molecule is O=C(O)c1cccc(-c2cnc(Cl)c(C(=O)O)c2)c1. The number of aromatic carboxylic acids is 2. The van der Waals surface area contributed by atoms with Crippen molar-refractivity contribution in [3.8, 4) is 11.1 Å². The summed E-state index contributed by atoms with van der Waals surface area (Å²) in [5.74, 6) is -2.24. The molecule has 0 radical (unpaired) electrons. The minimum atomic E-state index is -1.19. The van der Waals surface area contributed by atoms with Gasteiger partial charge in [-0.05, 0) is 23.8 Å². The van der Waals surface area contributed by atoms with Crippen molar-refractivity contribution in [2.75, 3.05) is 0 Å². The largest absolute Gasteiger partial charge is 0.478 e. The zero-order valence-corrected chi connectivity index (χ0v) is 10.3. The Kier molecular flexibility index (Phi) is 3.48. The number of aromatic nitrogens is 1. The Balaban J connectivity index is 2.53. The first-order chi connectivity index (χ1) is 8.99. The van der Waals surface area contributed by atoms with Crippen molar-refractivity contribution in [3.63, 3.8) is 0 Å². The number of hydrogen-bond donors (Lipinski definition) is 2. The van der Waals surface area contributed by atoms with E-state index in [1.54, 1.807) is 12.1 Å². The lowest BCUT2D eigenvalue weighted by Crippen LogP contribution is -2.00. The third-order valence-electron chi connectivity index (χ3n) is 2.51. The maximum absolute atomic E-state index is 11.0. The molecule has 1 aromatic carbocycles. The Bertz CT molecular complexity index is 669. The number of hydrogen-bond acceptors (Lipinski definition) is 3. The highest BCUT2D eigenvalue weighted by Gasteiger charge is 2.12.